The first-order valence-electron chi connectivity index (χ1n) is 8.78. The minimum absolute atomic E-state index is 0.724. The highest BCUT2D eigenvalue weighted by Gasteiger charge is 2.19. The van der Waals surface area contributed by atoms with Crippen molar-refractivity contribution in [2.24, 2.45) is 5.92 Å². The van der Waals surface area contributed by atoms with E-state index in [0.29, 0.717) is 0 Å². The SMILES string of the molecule is CC1CCC(c2ccc(C=O)cc2)CC1.COc1ccc(C)cc1. The molecule has 0 unspecified atom stereocenters. The molecular weight excluding hydrogens is 296 g/mol. The number of aryl methyl sites for hydroxylation is 1. The maximum atomic E-state index is 10.5. The Morgan fingerprint density at radius 3 is 2.00 bits per heavy atom. The van der Waals surface area contributed by atoms with Crippen LogP contribution in [-0.4, -0.2) is 13.4 Å². The number of hydrogen-bond acceptors (Lipinski definition) is 2. The maximum Gasteiger partial charge on any atom is 0.150 e. The van der Waals surface area contributed by atoms with Crippen LogP contribution in [-0.2, 0) is 0 Å². The standard InChI is InChI=1S/C14H18O.C8H10O/c1-11-2-6-13(7-3-11)14-8-4-12(10-15)5-9-14;1-7-3-5-8(9-2)6-4-7/h4-5,8-11,13H,2-3,6-7H2,1H3;3-6H,1-2H3. The van der Waals surface area contributed by atoms with Crippen molar-refractivity contribution >= 4 is 6.29 Å². The lowest BCUT2D eigenvalue weighted by Gasteiger charge is -2.26. The van der Waals surface area contributed by atoms with Crippen molar-refractivity contribution < 1.29 is 9.53 Å². The molecule has 1 saturated carbocycles. The third-order valence-corrected chi connectivity index (χ3v) is 4.82. The van der Waals surface area contributed by atoms with Crippen molar-refractivity contribution in [3.8, 4) is 5.75 Å². The fourth-order valence-electron chi connectivity index (χ4n) is 3.11. The van der Waals surface area contributed by atoms with Gasteiger partial charge in [-0.2, -0.15) is 0 Å². The summed E-state index contributed by atoms with van der Waals surface area (Å²) in [6, 6.07) is 16.1. The van der Waals surface area contributed by atoms with Gasteiger partial charge in [0.05, 0.1) is 7.11 Å². The molecule has 24 heavy (non-hydrogen) atoms. The minimum Gasteiger partial charge on any atom is -0.497 e. The van der Waals surface area contributed by atoms with E-state index in [1.54, 1.807) is 7.11 Å². The number of methoxy groups -OCH3 is 1. The summed E-state index contributed by atoms with van der Waals surface area (Å²) in [6.45, 7) is 4.39. The molecule has 0 N–H and O–H groups in total. The second-order valence-electron chi connectivity index (χ2n) is 6.76. The molecule has 0 spiro atoms. The fourth-order valence-corrected chi connectivity index (χ4v) is 3.11. The van der Waals surface area contributed by atoms with Crippen LogP contribution in [0.1, 0.15) is 60.0 Å². The van der Waals surface area contributed by atoms with Crippen LogP contribution in [0.15, 0.2) is 48.5 Å². The van der Waals surface area contributed by atoms with E-state index >= 15 is 0 Å². The molecule has 0 atom stereocenters. The second-order valence-corrected chi connectivity index (χ2v) is 6.76. The van der Waals surface area contributed by atoms with Gasteiger partial charge in [0.25, 0.3) is 0 Å². The predicted molar refractivity (Wildman–Crippen MR) is 99.9 cm³/mol. The topological polar surface area (TPSA) is 26.3 Å². The van der Waals surface area contributed by atoms with Crippen LogP contribution in [0.2, 0.25) is 0 Å². The number of carbonyl (C=O) groups is 1. The minimum atomic E-state index is 0.724. The molecule has 0 aromatic heterocycles. The zero-order chi connectivity index (χ0) is 17.4. The van der Waals surface area contributed by atoms with Crippen LogP contribution in [0.25, 0.3) is 0 Å². The average molecular weight is 324 g/mol. The molecule has 2 aromatic rings. The van der Waals surface area contributed by atoms with Gasteiger partial charge in [0.2, 0.25) is 0 Å². The highest BCUT2D eigenvalue weighted by molar-refractivity contribution is 5.74. The molecule has 1 fully saturated rings. The molecule has 128 valence electrons. The van der Waals surface area contributed by atoms with Gasteiger partial charge in [-0.15, -0.1) is 0 Å². The van der Waals surface area contributed by atoms with Crippen LogP contribution < -0.4 is 4.74 Å². The highest BCUT2D eigenvalue weighted by atomic mass is 16.5. The molecule has 3 rings (SSSR count). The number of aldehydes is 1. The van der Waals surface area contributed by atoms with Crippen LogP contribution in [0.4, 0.5) is 0 Å². The van der Waals surface area contributed by atoms with Gasteiger partial charge < -0.3 is 4.74 Å². The Kier molecular flexibility index (Phi) is 7.05. The first-order chi connectivity index (χ1) is 11.6. The summed E-state index contributed by atoms with van der Waals surface area (Å²) in [5, 5.41) is 0. The van der Waals surface area contributed by atoms with Crippen LogP contribution >= 0.6 is 0 Å². The largest absolute Gasteiger partial charge is 0.497 e. The summed E-state index contributed by atoms with van der Waals surface area (Å²) in [5.74, 6) is 2.54. The molecule has 0 saturated heterocycles. The zero-order valence-corrected chi connectivity index (χ0v) is 15.0. The zero-order valence-electron chi connectivity index (χ0n) is 15.0. The van der Waals surface area contributed by atoms with Crippen molar-refractivity contribution in [1.29, 1.82) is 0 Å². The molecule has 2 heteroatoms. The first kappa shape index (κ1) is 18.3. The van der Waals surface area contributed by atoms with E-state index < -0.39 is 0 Å². The van der Waals surface area contributed by atoms with Gasteiger partial charge in [0.15, 0.2) is 0 Å². The Morgan fingerprint density at radius 1 is 0.917 bits per heavy atom. The number of rotatable bonds is 3. The molecular formula is C22H28O2. The predicted octanol–water partition coefficient (Wildman–Crippen LogP) is 5.80. The maximum absolute atomic E-state index is 10.5. The molecule has 2 nitrogen and oxygen atoms in total. The monoisotopic (exact) mass is 324 g/mol. The Hall–Kier alpha value is -2.09. The van der Waals surface area contributed by atoms with Crippen molar-refractivity contribution in [2.75, 3.05) is 7.11 Å². The van der Waals surface area contributed by atoms with E-state index in [2.05, 4.69) is 26.0 Å². The van der Waals surface area contributed by atoms with E-state index in [-0.39, 0.29) is 0 Å². The summed E-state index contributed by atoms with van der Waals surface area (Å²) in [5.41, 5.74) is 3.45. The Balaban J connectivity index is 0.000000198. The molecule has 1 aliphatic carbocycles. The third kappa shape index (κ3) is 5.52. The Morgan fingerprint density at radius 2 is 1.50 bits per heavy atom. The number of hydrogen-bond donors (Lipinski definition) is 0. The van der Waals surface area contributed by atoms with E-state index in [9.17, 15) is 4.79 Å². The summed E-state index contributed by atoms with van der Waals surface area (Å²) < 4.78 is 4.97. The summed E-state index contributed by atoms with van der Waals surface area (Å²) in [7, 11) is 1.67. The number of carbonyl (C=O) groups excluding carboxylic acids is 1. The number of benzene rings is 2. The van der Waals surface area contributed by atoms with Gasteiger partial charge in [0.1, 0.15) is 12.0 Å². The van der Waals surface area contributed by atoms with Gasteiger partial charge in [0, 0.05) is 5.56 Å². The summed E-state index contributed by atoms with van der Waals surface area (Å²) in [4.78, 5) is 10.5. The average Bonchev–Trinajstić information content (AvgIpc) is 2.64. The van der Waals surface area contributed by atoms with Crippen molar-refractivity contribution in [1.82, 2.24) is 0 Å². The van der Waals surface area contributed by atoms with E-state index in [1.807, 2.05) is 36.4 Å². The van der Waals surface area contributed by atoms with Gasteiger partial charge in [-0.25, -0.2) is 0 Å². The van der Waals surface area contributed by atoms with Crippen LogP contribution in [0.5, 0.6) is 5.75 Å². The van der Waals surface area contributed by atoms with Gasteiger partial charge in [-0.1, -0.05) is 61.7 Å². The summed E-state index contributed by atoms with van der Waals surface area (Å²) >= 11 is 0. The highest BCUT2D eigenvalue weighted by Crippen LogP contribution is 2.35. The molecule has 0 amide bonds. The second kappa shape index (κ2) is 9.27. The van der Waals surface area contributed by atoms with Crippen LogP contribution in [0.3, 0.4) is 0 Å². The normalized spacial score (nSPS) is 19.8. The molecule has 0 bridgehead atoms. The molecule has 0 aliphatic heterocycles. The van der Waals surface area contributed by atoms with Crippen LogP contribution in [0, 0.1) is 12.8 Å². The van der Waals surface area contributed by atoms with Gasteiger partial charge in [-0.3, -0.25) is 4.79 Å². The van der Waals surface area contributed by atoms with Crippen molar-refractivity contribution in [3.63, 3.8) is 0 Å². The number of ether oxygens (including phenoxy) is 1. The molecule has 0 radical (unpaired) electrons. The van der Waals surface area contributed by atoms with E-state index in [0.717, 1.165) is 29.4 Å². The quantitative estimate of drug-likeness (QED) is 0.667. The Bertz CT molecular complexity index is 605. The third-order valence-electron chi connectivity index (χ3n) is 4.82. The smallest absolute Gasteiger partial charge is 0.150 e. The summed E-state index contributed by atoms with van der Waals surface area (Å²) in [6.07, 6.45) is 6.22. The van der Waals surface area contributed by atoms with E-state index in [1.165, 1.54) is 36.8 Å². The van der Waals surface area contributed by atoms with Crippen molar-refractivity contribution in [2.45, 2.75) is 45.4 Å². The first-order valence-corrected chi connectivity index (χ1v) is 8.78. The Labute approximate surface area is 145 Å². The van der Waals surface area contributed by atoms with Crippen molar-refractivity contribution in [3.05, 3.63) is 65.2 Å². The lowest BCUT2D eigenvalue weighted by atomic mass is 9.79. The van der Waals surface area contributed by atoms with Gasteiger partial charge >= 0.3 is 0 Å². The fraction of sp³-hybridized carbons (Fsp3) is 0.409. The van der Waals surface area contributed by atoms with Gasteiger partial charge in [-0.05, 0) is 49.3 Å². The lowest BCUT2D eigenvalue weighted by molar-refractivity contribution is 0.112. The molecule has 0 heterocycles. The lowest BCUT2D eigenvalue weighted by Crippen LogP contribution is -2.10. The van der Waals surface area contributed by atoms with E-state index in [4.69, 9.17) is 4.74 Å². The molecule has 2 aromatic carbocycles. The molecule has 1 aliphatic rings.